The van der Waals surface area contributed by atoms with Gasteiger partial charge in [0.1, 0.15) is 0 Å². The average molecular weight is 214 g/mol. The van der Waals surface area contributed by atoms with Crippen molar-refractivity contribution in [2.24, 2.45) is 11.7 Å². The molecule has 0 spiro atoms. The lowest BCUT2D eigenvalue weighted by atomic mass is 9.99. The van der Waals surface area contributed by atoms with Gasteiger partial charge >= 0.3 is 0 Å². The van der Waals surface area contributed by atoms with Gasteiger partial charge in [-0.15, -0.1) is 0 Å². The predicted molar refractivity (Wildman–Crippen MR) is 59.4 cm³/mol. The third-order valence-corrected chi connectivity index (χ3v) is 3.26. The number of ether oxygens (including phenoxy) is 1. The molecule has 0 aromatic rings. The molecule has 1 rings (SSSR count). The van der Waals surface area contributed by atoms with Crippen LogP contribution in [0.1, 0.15) is 33.6 Å². The zero-order valence-corrected chi connectivity index (χ0v) is 9.82. The summed E-state index contributed by atoms with van der Waals surface area (Å²) < 4.78 is 5.38. The van der Waals surface area contributed by atoms with Crippen LogP contribution in [-0.4, -0.2) is 30.7 Å². The molecule has 0 aromatic heterocycles. The van der Waals surface area contributed by atoms with Gasteiger partial charge in [0.15, 0.2) is 0 Å². The first-order valence-electron chi connectivity index (χ1n) is 5.73. The third-order valence-electron chi connectivity index (χ3n) is 3.26. The Balaban J connectivity index is 2.40. The Labute approximate surface area is 91.5 Å². The molecule has 88 valence electrons. The standard InChI is InChI=1S/C11H22N2O2/c1-4-7(2)10(12)11(14)13-9-5-6-15-8(9)3/h7-10H,4-6,12H2,1-3H3,(H,13,14)/t7-,8?,9?,10-/m0/s1. The molecule has 0 aliphatic carbocycles. The zero-order valence-electron chi connectivity index (χ0n) is 9.82. The summed E-state index contributed by atoms with van der Waals surface area (Å²) in [7, 11) is 0. The van der Waals surface area contributed by atoms with Crippen molar-refractivity contribution in [3.63, 3.8) is 0 Å². The van der Waals surface area contributed by atoms with E-state index in [9.17, 15) is 4.79 Å². The maximum absolute atomic E-state index is 11.8. The van der Waals surface area contributed by atoms with Crippen LogP contribution in [0.25, 0.3) is 0 Å². The second-order valence-electron chi connectivity index (χ2n) is 4.39. The van der Waals surface area contributed by atoms with Crippen molar-refractivity contribution < 1.29 is 9.53 Å². The van der Waals surface area contributed by atoms with E-state index in [1.54, 1.807) is 0 Å². The lowest BCUT2D eigenvalue weighted by Gasteiger charge is -2.22. The van der Waals surface area contributed by atoms with Crippen LogP contribution in [-0.2, 0) is 9.53 Å². The zero-order chi connectivity index (χ0) is 11.4. The van der Waals surface area contributed by atoms with Crippen LogP contribution >= 0.6 is 0 Å². The van der Waals surface area contributed by atoms with Gasteiger partial charge < -0.3 is 15.8 Å². The highest BCUT2D eigenvalue weighted by Gasteiger charge is 2.28. The number of nitrogens with two attached hydrogens (primary N) is 1. The predicted octanol–water partition coefficient (Wildman–Crippen LogP) is 0.653. The van der Waals surface area contributed by atoms with Gasteiger partial charge in [0.05, 0.1) is 18.2 Å². The summed E-state index contributed by atoms with van der Waals surface area (Å²) in [5.74, 6) is 0.175. The molecule has 4 nitrogen and oxygen atoms in total. The van der Waals surface area contributed by atoms with Gasteiger partial charge in [-0.05, 0) is 19.3 Å². The van der Waals surface area contributed by atoms with Gasteiger partial charge in [-0.3, -0.25) is 4.79 Å². The Morgan fingerprint density at radius 3 is 2.80 bits per heavy atom. The number of nitrogens with one attached hydrogen (secondary N) is 1. The van der Waals surface area contributed by atoms with Crippen LogP contribution in [0, 0.1) is 5.92 Å². The van der Waals surface area contributed by atoms with Crippen LogP contribution in [0.4, 0.5) is 0 Å². The fraction of sp³-hybridized carbons (Fsp3) is 0.909. The number of rotatable bonds is 4. The normalized spacial score (nSPS) is 29.9. The second-order valence-corrected chi connectivity index (χ2v) is 4.39. The summed E-state index contributed by atoms with van der Waals surface area (Å²) in [6.45, 7) is 6.75. The first-order chi connectivity index (χ1) is 7.06. The summed E-state index contributed by atoms with van der Waals surface area (Å²) in [6.07, 6.45) is 1.92. The van der Waals surface area contributed by atoms with E-state index in [0.717, 1.165) is 19.4 Å². The van der Waals surface area contributed by atoms with E-state index in [-0.39, 0.29) is 24.0 Å². The summed E-state index contributed by atoms with van der Waals surface area (Å²) in [4.78, 5) is 11.8. The third kappa shape index (κ3) is 3.18. The molecule has 0 saturated carbocycles. The molecule has 2 unspecified atom stereocenters. The first kappa shape index (κ1) is 12.5. The van der Waals surface area contributed by atoms with Crippen molar-refractivity contribution >= 4 is 5.91 Å². The molecule has 1 fully saturated rings. The van der Waals surface area contributed by atoms with E-state index in [1.165, 1.54) is 0 Å². The van der Waals surface area contributed by atoms with E-state index in [2.05, 4.69) is 5.32 Å². The topological polar surface area (TPSA) is 64.4 Å². The van der Waals surface area contributed by atoms with E-state index in [0.29, 0.717) is 0 Å². The van der Waals surface area contributed by atoms with Gasteiger partial charge in [-0.2, -0.15) is 0 Å². The maximum Gasteiger partial charge on any atom is 0.237 e. The Morgan fingerprint density at radius 1 is 1.67 bits per heavy atom. The highest BCUT2D eigenvalue weighted by Crippen LogP contribution is 2.13. The molecule has 1 saturated heterocycles. The number of hydrogen-bond acceptors (Lipinski definition) is 3. The van der Waals surface area contributed by atoms with Crippen LogP contribution in [0.5, 0.6) is 0 Å². The monoisotopic (exact) mass is 214 g/mol. The molecule has 4 atom stereocenters. The quantitative estimate of drug-likeness (QED) is 0.722. The van der Waals surface area contributed by atoms with Crippen LogP contribution < -0.4 is 11.1 Å². The van der Waals surface area contributed by atoms with Crippen LogP contribution in [0.15, 0.2) is 0 Å². The lowest BCUT2D eigenvalue weighted by molar-refractivity contribution is -0.124. The van der Waals surface area contributed by atoms with Gasteiger partial charge in [-0.1, -0.05) is 20.3 Å². The van der Waals surface area contributed by atoms with Crippen molar-refractivity contribution in [2.75, 3.05) is 6.61 Å². The van der Waals surface area contributed by atoms with E-state index in [4.69, 9.17) is 10.5 Å². The number of hydrogen-bond donors (Lipinski definition) is 2. The smallest absolute Gasteiger partial charge is 0.237 e. The fourth-order valence-corrected chi connectivity index (χ4v) is 1.71. The van der Waals surface area contributed by atoms with Crippen molar-refractivity contribution in [2.45, 2.75) is 51.8 Å². The Bertz CT molecular complexity index is 221. The van der Waals surface area contributed by atoms with Crippen molar-refractivity contribution in [1.82, 2.24) is 5.32 Å². The molecule has 1 heterocycles. The van der Waals surface area contributed by atoms with Crippen molar-refractivity contribution in [3.05, 3.63) is 0 Å². The number of carbonyl (C=O) groups is 1. The fourth-order valence-electron chi connectivity index (χ4n) is 1.71. The molecule has 1 amide bonds. The highest BCUT2D eigenvalue weighted by atomic mass is 16.5. The molecule has 4 heteroatoms. The van der Waals surface area contributed by atoms with Gasteiger partial charge in [-0.25, -0.2) is 0 Å². The Morgan fingerprint density at radius 2 is 2.33 bits per heavy atom. The molecule has 15 heavy (non-hydrogen) atoms. The Kier molecular flexibility index (Phi) is 4.54. The number of amides is 1. The highest BCUT2D eigenvalue weighted by molar-refractivity contribution is 5.82. The second kappa shape index (κ2) is 5.47. The van der Waals surface area contributed by atoms with Crippen LogP contribution in [0.3, 0.4) is 0 Å². The maximum atomic E-state index is 11.8. The van der Waals surface area contributed by atoms with Gasteiger partial charge in [0, 0.05) is 6.61 Å². The van der Waals surface area contributed by atoms with E-state index in [1.807, 2.05) is 20.8 Å². The molecule has 0 bridgehead atoms. The molecule has 0 aromatic carbocycles. The molecule has 0 radical (unpaired) electrons. The summed E-state index contributed by atoms with van der Waals surface area (Å²) in [5.41, 5.74) is 5.84. The first-order valence-corrected chi connectivity index (χ1v) is 5.73. The molecule has 3 N–H and O–H groups in total. The van der Waals surface area contributed by atoms with Crippen molar-refractivity contribution in [3.8, 4) is 0 Å². The molecular formula is C11H22N2O2. The van der Waals surface area contributed by atoms with E-state index < -0.39 is 6.04 Å². The number of carbonyl (C=O) groups excluding carboxylic acids is 1. The SMILES string of the molecule is CC[C@H](C)[C@H](N)C(=O)NC1CCOC1C. The minimum atomic E-state index is -0.400. The van der Waals surface area contributed by atoms with Gasteiger partial charge in [0.25, 0.3) is 0 Å². The molecule has 1 aliphatic rings. The summed E-state index contributed by atoms with van der Waals surface area (Å²) >= 11 is 0. The molecular weight excluding hydrogens is 192 g/mol. The van der Waals surface area contributed by atoms with Gasteiger partial charge in [0.2, 0.25) is 5.91 Å². The Hall–Kier alpha value is -0.610. The lowest BCUT2D eigenvalue weighted by Crippen LogP contribution is -2.50. The van der Waals surface area contributed by atoms with E-state index >= 15 is 0 Å². The largest absolute Gasteiger partial charge is 0.376 e. The molecule has 1 aliphatic heterocycles. The van der Waals surface area contributed by atoms with Crippen LogP contribution in [0.2, 0.25) is 0 Å². The summed E-state index contributed by atoms with van der Waals surface area (Å²) in [5, 5.41) is 2.95. The summed E-state index contributed by atoms with van der Waals surface area (Å²) in [6, 6.07) is -0.268. The minimum absolute atomic E-state index is 0.0494. The average Bonchev–Trinajstić information content (AvgIpc) is 2.62. The minimum Gasteiger partial charge on any atom is -0.376 e. The van der Waals surface area contributed by atoms with Crippen molar-refractivity contribution in [1.29, 1.82) is 0 Å².